The second-order valence-electron chi connectivity index (χ2n) is 9.05. The molecule has 182 valence electrons. The van der Waals surface area contributed by atoms with Crippen LogP contribution in [0.15, 0.2) is 116 Å². The van der Waals surface area contributed by atoms with Crippen LogP contribution in [0.1, 0.15) is 0 Å². The Kier molecular flexibility index (Phi) is 4.94. The maximum Gasteiger partial charge on any atom is 0.159 e. The fourth-order valence-corrected chi connectivity index (χ4v) is 5.16. The van der Waals surface area contributed by atoms with Crippen LogP contribution in [0.2, 0.25) is 0 Å². The van der Waals surface area contributed by atoms with E-state index in [-0.39, 0.29) is 0 Å². The first-order valence-corrected chi connectivity index (χ1v) is 12.3. The summed E-state index contributed by atoms with van der Waals surface area (Å²) in [6, 6.07) is 32.0. The summed E-state index contributed by atoms with van der Waals surface area (Å²) in [4.78, 5) is 14.0. The Balaban J connectivity index is 1.55. The van der Waals surface area contributed by atoms with Gasteiger partial charge in [0.15, 0.2) is 5.82 Å². The van der Waals surface area contributed by atoms with Crippen LogP contribution in [-0.2, 0) is 0 Å². The van der Waals surface area contributed by atoms with Gasteiger partial charge in [0.1, 0.15) is 5.52 Å². The molecule has 7 rings (SSSR count). The van der Waals surface area contributed by atoms with Crippen molar-refractivity contribution in [3.05, 3.63) is 116 Å². The molecular formula is C31H23N7. The number of benzene rings is 3. The third kappa shape index (κ3) is 3.26. The molecule has 0 spiro atoms. The maximum atomic E-state index is 6.92. The molecule has 0 aliphatic carbocycles. The van der Waals surface area contributed by atoms with Gasteiger partial charge in [-0.05, 0) is 30.3 Å². The van der Waals surface area contributed by atoms with Crippen LogP contribution in [0.3, 0.4) is 0 Å². The Hall–Kier alpha value is -5.43. The molecule has 0 aliphatic rings. The van der Waals surface area contributed by atoms with E-state index in [1.54, 1.807) is 6.20 Å². The number of aromatic nitrogens is 5. The Labute approximate surface area is 218 Å². The fraction of sp³-hybridized carbons (Fsp3) is 0. The number of para-hydroxylation sites is 2. The van der Waals surface area contributed by atoms with E-state index >= 15 is 0 Å². The van der Waals surface area contributed by atoms with Gasteiger partial charge in [0, 0.05) is 22.8 Å². The minimum atomic E-state index is 0.557. The minimum Gasteiger partial charge on any atom is -0.396 e. The lowest BCUT2D eigenvalue weighted by Gasteiger charge is -2.16. The third-order valence-electron chi connectivity index (χ3n) is 6.84. The van der Waals surface area contributed by atoms with E-state index in [2.05, 4.69) is 26.3 Å². The Morgan fingerprint density at radius 3 is 1.89 bits per heavy atom. The van der Waals surface area contributed by atoms with Gasteiger partial charge in [-0.25, -0.2) is 9.97 Å². The van der Waals surface area contributed by atoms with Gasteiger partial charge in [-0.2, -0.15) is 0 Å². The van der Waals surface area contributed by atoms with E-state index in [0.717, 1.165) is 50.3 Å². The lowest BCUT2D eigenvalue weighted by Crippen LogP contribution is -2.06. The zero-order valence-corrected chi connectivity index (χ0v) is 20.4. The average molecular weight is 494 g/mol. The summed E-state index contributed by atoms with van der Waals surface area (Å²) in [5.41, 5.74) is 21.8. The van der Waals surface area contributed by atoms with Crippen LogP contribution in [0.5, 0.6) is 0 Å². The fourth-order valence-electron chi connectivity index (χ4n) is 5.16. The molecule has 0 radical (unpaired) electrons. The van der Waals surface area contributed by atoms with Crippen molar-refractivity contribution >= 4 is 33.3 Å². The van der Waals surface area contributed by atoms with Crippen molar-refractivity contribution in [2.24, 2.45) is 0 Å². The Bertz CT molecular complexity index is 1920. The number of nitrogens with zero attached hydrogens (tertiary/aromatic N) is 5. The number of hydrogen-bond acceptors (Lipinski definition) is 5. The van der Waals surface area contributed by atoms with Gasteiger partial charge in [-0.15, -0.1) is 0 Å². The molecule has 4 aromatic heterocycles. The monoisotopic (exact) mass is 493 g/mol. The molecule has 3 aromatic carbocycles. The normalized spacial score (nSPS) is 11.4. The van der Waals surface area contributed by atoms with E-state index in [9.17, 15) is 0 Å². The Morgan fingerprint density at radius 1 is 0.526 bits per heavy atom. The summed E-state index contributed by atoms with van der Waals surface area (Å²) in [6.45, 7) is 0. The number of nitrogen functional groups attached to an aromatic ring is 2. The zero-order valence-electron chi connectivity index (χ0n) is 20.4. The van der Waals surface area contributed by atoms with Gasteiger partial charge in [-0.3, -0.25) is 4.98 Å². The molecule has 38 heavy (non-hydrogen) atoms. The third-order valence-corrected chi connectivity index (χ3v) is 6.84. The summed E-state index contributed by atoms with van der Waals surface area (Å²) in [5, 5.41) is 0.923. The molecule has 0 aliphatic heterocycles. The highest BCUT2D eigenvalue weighted by atomic mass is 15.1. The summed E-state index contributed by atoms with van der Waals surface area (Å²) in [6.07, 6.45) is 5.41. The first kappa shape index (κ1) is 21.8. The molecule has 0 bridgehead atoms. The number of pyridine rings is 1. The molecular weight excluding hydrogens is 470 g/mol. The molecule has 4 N–H and O–H groups in total. The highest BCUT2D eigenvalue weighted by Gasteiger charge is 2.26. The topological polar surface area (TPSA) is 101 Å². The SMILES string of the molecule is Nc1c(-c2c(N)c3ncccc3n2-c2ccccc2)n(-c2cnc(-c3ccccc3)nc2)c2ccccc12. The van der Waals surface area contributed by atoms with Crippen molar-refractivity contribution < 1.29 is 0 Å². The largest absolute Gasteiger partial charge is 0.396 e. The van der Waals surface area contributed by atoms with Crippen molar-refractivity contribution in [2.45, 2.75) is 0 Å². The van der Waals surface area contributed by atoms with E-state index < -0.39 is 0 Å². The second-order valence-corrected chi connectivity index (χ2v) is 9.05. The summed E-state index contributed by atoms with van der Waals surface area (Å²) >= 11 is 0. The lowest BCUT2D eigenvalue weighted by atomic mass is 10.2. The molecule has 7 heteroatoms. The van der Waals surface area contributed by atoms with Gasteiger partial charge in [0.25, 0.3) is 0 Å². The molecule has 0 unspecified atom stereocenters. The van der Waals surface area contributed by atoms with E-state index in [1.165, 1.54) is 0 Å². The molecule has 4 heterocycles. The van der Waals surface area contributed by atoms with E-state index in [1.807, 2.05) is 97.3 Å². The van der Waals surface area contributed by atoms with Crippen LogP contribution in [0.4, 0.5) is 11.4 Å². The van der Waals surface area contributed by atoms with Crippen molar-refractivity contribution in [1.29, 1.82) is 0 Å². The summed E-state index contributed by atoms with van der Waals surface area (Å²) < 4.78 is 4.21. The standard InChI is InChI=1S/C31H23N7/c32-26-23-14-7-8-15-24(23)38(22-18-35-31(36-19-22)20-10-3-1-4-11-20)29(26)30-27(33)28-25(16-9-17-34-28)37(30)21-12-5-2-6-13-21/h1-19H,32-33H2. The summed E-state index contributed by atoms with van der Waals surface area (Å²) in [5.74, 6) is 0.655. The van der Waals surface area contributed by atoms with E-state index in [4.69, 9.17) is 21.4 Å². The molecule has 7 aromatic rings. The highest BCUT2D eigenvalue weighted by molar-refractivity contribution is 6.08. The number of nitrogens with two attached hydrogens (primary N) is 2. The lowest BCUT2D eigenvalue weighted by molar-refractivity contribution is 1.04. The van der Waals surface area contributed by atoms with Gasteiger partial charge in [0.05, 0.1) is 51.9 Å². The Morgan fingerprint density at radius 2 is 1.13 bits per heavy atom. The first-order chi connectivity index (χ1) is 18.7. The number of hydrogen-bond donors (Lipinski definition) is 2. The smallest absolute Gasteiger partial charge is 0.159 e. The predicted octanol–water partition coefficient (Wildman–Crippen LogP) is 6.26. The van der Waals surface area contributed by atoms with Crippen LogP contribution in [0, 0.1) is 0 Å². The molecule has 0 saturated heterocycles. The minimum absolute atomic E-state index is 0.557. The van der Waals surface area contributed by atoms with Crippen molar-refractivity contribution in [3.8, 4) is 34.2 Å². The van der Waals surface area contributed by atoms with Crippen molar-refractivity contribution in [3.63, 3.8) is 0 Å². The van der Waals surface area contributed by atoms with E-state index in [0.29, 0.717) is 17.2 Å². The van der Waals surface area contributed by atoms with Gasteiger partial charge >= 0.3 is 0 Å². The van der Waals surface area contributed by atoms with Gasteiger partial charge in [0.2, 0.25) is 0 Å². The molecule has 0 saturated carbocycles. The van der Waals surface area contributed by atoms with Crippen molar-refractivity contribution in [2.75, 3.05) is 11.5 Å². The zero-order chi connectivity index (χ0) is 25.6. The van der Waals surface area contributed by atoms with Crippen LogP contribution >= 0.6 is 0 Å². The molecule has 0 atom stereocenters. The number of rotatable bonds is 4. The molecule has 0 fully saturated rings. The van der Waals surface area contributed by atoms with Crippen LogP contribution < -0.4 is 11.5 Å². The second kappa shape index (κ2) is 8.60. The van der Waals surface area contributed by atoms with Crippen molar-refractivity contribution in [1.82, 2.24) is 24.1 Å². The van der Waals surface area contributed by atoms with Crippen LogP contribution in [-0.4, -0.2) is 24.1 Å². The number of anilines is 2. The highest BCUT2D eigenvalue weighted by Crippen LogP contribution is 2.44. The average Bonchev–Trinajstić information content (AvgIpc) is 3.44. The van der Waals surface area contributed by atoms with Crippen LogP contribution in [0.25, 0.3) is 56.1 Å². The molecule has 0 amide bonds. The summed E-state index contributed by atoms with van der Waals surface area (Å²) in [7, 11) is 0. The van der Waals surface area contributed by atoms with Gasteiger partial charge in [-0.1, -0.05) is 66.7 Å². The first-order valence-electron chi connectivity index (χ1n) is 12.3. The number of fused-ring (bicyclic) bond motifs is 2. The quantitative estimate of drug-likeness (QED) is 0.301. The predicted molar refractivity (Wildman–Crippen MR) is 153 cm³/mol. The maximum absolute atomic E-state index is 6.92. The van der Waals surface area contributed by atoms with Gasteiger partial charge < -0.3 is 20.6 Å². The molecule has 7 nitrogen and oxygen atoms in total.